The molecule has 11 heteroatoms. The van der Waals surface area contributed by atoms with Gasteiger partial charge < -0.3 is 20.1 Å². The molecule has 0 saturated carbocycles. The second kappa shape index (κ2) is 9.44. The summed E-state index contributed by atoms with van der Waals surface area (Å²) in [5.74, 6) is -0.279. The Morgan fingerprint density at radius 1 is 1.29 bits per heavy atom. The number of anilines is 2. The molecule has 2 amide bonds. The maximum Gasteiger partial charge on any atom is 0.265 e. The van der Waals surface area contributed by atoms with Crippen LogP contribution in [-0.2, 0) is 19.6 Å². The van der Waals surface area contributed by atoms with E-state index >= 15 is 0 Å². The number of nitrogens with zero attached hydrogens (tertiary/aromatic N) is 1. The van der Waals surface area contributed by atoms with Gasteiger partial charge in [-0.25, -0.2) is 8.42 Å². The molecule has 2 N–H and O–H groups in total. The van der Waals surface area contributed by atoms with E-state index < -0.39 is 22.0 Å². The summed E-state index contributed by atoms with van der Waals surface area (Å²) in [5, 5.41) is 5.90. The molecule has 0 aliphatic carbocycles. The first-order valence-electron chi connectivity index (χ1n) is 10.9. The summed E-state index contributed by atoms with van der Waals surface area (Å²) in [4.78, 5) is 24.9. The van der Waals surface area contributed by atoms with Crippen LogP contribution in [-0.4, -0.2) is 50.8 Å². The van der Waals surface area contributed by atoms with Crippen molar-refractivity contribution in [2.24, 2.45) is 5.92 Å². The molecular weight excluding hydrogens is 482 g/mol. The van der Waals surface area contributed by atoms with E-state index in [0.29, 0.717) is 52.8 Å². The van der Waals surface area contributed by atoms with Crippen LogP contribution in [0.3, 0.4) is 0 Å². The average Bonchev–Trinajstić information content (AvgIpc) is 2.80. The van der Waals surface area contributed by atoms with E-state index in [1.165, 1.54) is 17.5 Å². The number of carbonyl (C=O) groups excluding carboxylic acids is 2. The fourth-order valence-electron chi connectivity index (χ4n) is 4.12. The quantitative estimate of drug-likeness (QED) is 0.641. The van der Waals surface area contributed by atoms with Crippen molar-refractivity contribution in [3.63, 3.8) is 0 Å². The number of ether oxygens (including phenoxy) is 2. The van der Waals surface area contributed by atoms with Crippen molar-refractivity contribution in [1.82, 2.24) is 4.31 Å². The van der Waals surface area contributed by atoms with Gasteiger partial charge in [0.25, 0.3) is 5.91 Å². The Bertz CT molecular complexity index is 1250. The number of piperidine rings is 1. The van der Waals surface area contributed by atoms with Gasteiger partial charge in [0, 0.05) is 24.8 Å². The van der Waals surface area contributed by atoms with Crippen LogP contribution in [0, 0.1) is 12.8 Å². The Labute approximate surface area is 203 Å². The monoisotopic (exact) mass is 507 g/mol. The van der Waals surface area contributed by atoms with Gasteiger partial charge in [0.15, 0.2) is 6.10 Å². The third kappa shape index (κ3) is 4.70. The number of hydrogen-bond donors (Lipinski definition) is 2. The van der Waals surface area contributed by atoms with Crippen LogP contribution < -0.4 is 20.1 Å². The van der Waals surface area contributed by atoms with E-state index in [2.05, 4.69) is 10.6 Å². The highest BCUT2D eigenvalue weighted by atomic mass is 35.5. The highest BCUT2D eigenvalue weighted by Gasteiger charge is 2.35. The minimum Gasteiger partial charge on any atom is -0.495 e. The van der Waals surface area contributed by atoms with Gasteiger partial charge in [-0.1, -0.05) is 11.6 Å². The normalized spacial score (nSPS) is 20.6. The maximum atomic E-state index is 13.5. The van der Waals surface area contributed by atoms with Crippen LogP contribution in [0.15, 0.2) is 35.2 Å². The van der Waals surface area contributed by atoms with E-state index in [4.69, 9.17) is 21.1 Å². The lowest BCUT2D eigenvalue weighted by Crippen LogP contribution is -2.44. The molecule has 2 aliphatic heterocycles. The second-order valence-corrected chi connectivity index (χ2v) is 10.7. The predicted octanol–water partition coefficient (Wildman–Crippen LogP) is 3.42. The van der Waals surface area contributed by atoms with Gasteiger partial charge in [-0.15, -0.1) is 0 Å². The maximum absolute atomic E-state index is 13.5. The van der Waals surface area contributed by atoms with Crippen LogP contribution in [0.4, 0.5) is 11.4 Å². The highest BCUT2D eigenvalue weighted by molar-refractivity contribution is 7.89. The summed E-state index contributed by atoms with van der Waals surface area (Å²) in [6.45, 7) is 3.63. The molecule has 0 aromatic heterocycles. The van der Waals surface area contributed by atoms with Gasteiger partial charge in [0.2, 0.25) is 15.9 Å². The van der Waals surface area contributed by atoms with Crippen molar-refractivity contribution in [1.29, 1.82) is 0 Å². The number of fused-ring (bicyclic) bond motifs is 1. The van der Waals surface area contributed by atoms with Crippen molar-refractivity contribution in [2.75, 3.05) is 30.8 Å². The summed E-state index contributed by atoms with van der Waals surface area (Å²) in [6.07, 6.45) is 0.395. The van der Waals surface area contributed by atoms with Crippen molar-refractivity contribution >= 4 is 44.8 Å². The first kappa shape index (κ1) is 24.3. The van der Waals surface area contributed by atoms with E-state index in [1.54, 1.807) is 38.1 Å². The molecule has 182 valence electrons. The number of amides is 2. The molecule has 0 radical (unpaired) electrons. The lowest BCUT2D eigenvalue weighted by atomic mass is 9.98. The number of methoxy groups -OCH3 is 1. The second-order valence-electron chi connectivity index (χ2n) is 8.40. The van der Waals surface area contributed by atoms with Gasteiger partial charge in [0.05, 0.1) is 28.6 Å². The fourth-order valence-corrected chi connectivity index (χ4v) is 6.13. The highest BCUT2D eigenvalue weighted by Crippen LogP contribution is 2.36. The standard InChI is InChI=1S/C23H26ClN3O6S/c1-13-9-18-20(33-14(2)22(28)26-18)11-21(13)34(30,31)27-8-4-5-15(12-27)23(29)25-16-6-7-19(32-3)17(24)10-16/h6-7,9-11,14-15H,4-5,8,12H2,1-3H3,(H,25,29)(H,26,28)/t14-,15-/m0/s1. The van der Waals surface area contributed by atoms with Crippen LogP contribution in [0.2, 0.25) is 5.02 Å². The van der Waals surface area contributed by atoms with Crippen LogP contribution in [0.5, 0.6) is 11.5 Å². The molecule has 1 saturated heterocycles. The molecule has 0 bridgehead atoms. The van der Waals surface area contributed by atoms with Gasteiger partial charge in [-0.05, 0) is 56.5 Å². The Morgan fingerprint density at radius 2 is 2.06 bits per heavy atom. The number of aryl methyl sites for hydroxylation is 1. The van der Waals surface area contributed by atoms with Gasteiger partial charge >= 0.3 is 0 Å². The molecule has 34 heavy (non-hydrogen) atoms. The first-order valence-corrected chi connectivity index (χ1v) is 12.7. The number of hydrogen-bond acceptors (Lipinski definition) is 6. The molecule has 0 unspecified atom stereocenters. The van der Waals surface area contributed by atoms with Crippen LogP contribution >= 0.6 is 11.6 Å². The molecule has 2 aromatic carbocycles. The SMILES string of the molecule is COc1ccc(NC(=O)[C@H]2CCCN(S(=O)(=O)c3cc4c(cc3C)NC(=O)[C@H](C)O4)C2)cc1Cl. The van der Waals surface area contributed by atoms with E-state index in [0.717, 1.165) is 0 Å². The molecule has 9 nitrogen and oxygen atoms in total. The number of rotatable bonds is 5. The fraction of sp³-hybridized carbons (Fsp3) is 0.391. The van der Waals surface area contributed by atoms with Gasteiger partial charge in [-0.3, -0.25) is 9.59 Å². The lowest BCUT2D eigenvalue weighted by molar-refractivity contribution is -0.123. The zero-order valence-electron chi connectivity index (χ0n) is 19.1. The third-order valence-electron chi connectivity index (χ3n) is 6.00. The number of nitrogens with one attached hydrogen (secondary N) is 2. The molecule has 2 atom stereocenters. The largest absolute Gasteiger partial charge is 0.495 e. The zero-order chi connectivity index (χ0) is 24.6. The minimum atomic E-state index is -3.89. The summed E-state index contributed by atoms with van der Waals surface area (Å²) < 4.78 is 39.1. The van der Waals surface area contributed by atoms with Crippen LogP contribution in [0.25, 0.3) is 0 Å². The van der Waals surface area contributed by atoms with Crippen LogP contribution in [0.1, 0.15) is 25.3 Å². The number of benzene rings is 2. The van der Waals surface area contributed by atoms with Crippen molar-refractivity contribution in [3.05, 3.63) is 40.9 Å². The summed E-state index contributed by atoms with van der Waals surface area (Å²) in [6, 6.07) is 7.95. The Hall–Kier alpha value is -2.82. The number of sulfonamides is 1. The molecular formula is C23H26ClN3O6S. The van der Waals surface area contributed by atoms with Crippen molar-refractivity contribution < 1.29 is 27.5 Å². The van der Waals surface area contributed by atoms with Crippen molar-refractivity contribution in [2.45, 2.75) is 37.7 Å². The molecule has 2 aliphatic rings. The summed E-state index contributed by atoms with van der Waals surface area (Å²) in [7, 11) is -2.39. The molecule has 4 rings (SSSR count). The lowest BCUT2D eigenvalue weighted by Gasteiger charge is -2.32. The zero-order valence-corrected chi connectivity index (χ0v) is 20.6. The van der Waals surface area contributed by atoms with Gasteiger partial charge in [0.1, 0.15) is 11.5 Å². The van der Waals surface area contributed by atoms with E-state index in [-0.39, 0.29) is 23.3 Å². The number of halogens is 1. The van der Waals surface area contributed by atoms with E-state index in [9.17, 15) is 18.0 Å². The molecule has 0 spiro atoms. The molecule has 1 fully saturated rings. The average molecular weight is 508 g/mol. The third-order valence-corrected chi connectivity index (χ3v) is 8.30. The predicted molar refractivity (Wildman–Crippen MR) is 128 cm³/mol. The molecule has 2 heterocycles. The smallest absolute Gasteiger partial charge is 0.265 e. The topological polar surface area (TPSA) is 114 Å². The van der Waals surface area contributed by atoms with E-state index in [1.807, 2.05) is 0 Å². The van der Waals surface area contributed by atoms with Crippen molar-refractivity contribution in [3.8, 4) is 11.5 Å². The summed E-state index contributed by atoms with van der Waals surface area (Å²) in [5.41, 5.74) is 1.43. The molecule has 2 aromatic rings. The summed E-state index contributed by atoms with van der Waals surface area (Å²) >= 11 is 6.13. The minimum absolute atomic E-state index is 0.0581. The number of carbonyl (C=O) groups is 2. The first-order chi connectivity index (χ1) is 16.1. The Balaban J connectivity index is 1.52. The Kier molecular flexibility index (Phi) is 6.75. The Morgan fingerprint density at radius 3 is 2.76 bits per heavy atom. The van der Waals surface area contributed by atoms with Gasteiger partial charge in [-0.2, -0.15) is 4.31 Å².